The third-order valence-electron chi connectivity index (χ3n) is 7.24. The Balaban J connectivity index is 1.41. The van der Waals surface area contributed by atoms with Gasteiger partial charge in [-0.15, -0.1) is 5.10 Å². The topological polar surface area (TPSA) is 78.3 Å². The number of ether oxygens (including phenoxy) is 2. The number of fused-ring (bicyclic) bond motifs is 1. The molecule has 1 aromatic heterocycles. The summed E-state index contributed by atoms with van der Waals surface area (Å²) in [6, 6.07) is 21.5. The number of hydrogen-bond acceptors (Lipinski definition) is 7. The second-order valence-electron chi connectivity index (χ2n) is 11.3. The smallest absolute Gasteiger partial charge is 0.227 e. The lowest BCUT2D eigenvalue weighted by Crippen LogP contribution is -2.27. The molecule has 1 unspecified atom stereocenters. The number of ketones is 1. The Morgan fingerprint density at radius 2 is 1.81 bits per heavy atom. The zero-order chi connectivity index (χ0) is 30.0. The third kappa shape index (κ3) is 6.35. The maximum atomic E-state index is 12.9. The molecule has 1 atom stereocenters. The monoisotopic (exact) mass is 602 g/mol. The van der Waals surface area contributed by atoms with Crippen LogP contribution in [-0.2, 0) is 22.6 Å². The Bertz CT molecular complexity index is 1640. The van der Waals surface area contributed by atoms with Crippen molar-refractivity contribution < 1.29 is 14.3 Å². The molecular formula is C33H35ClN4O3S. The van der Waals surface area contributed by atoms with E-state index in [-0.39, 0.29) is 11.2 Å². The number of methoxy groups -OCH3 is 1. The highest BCUT2D eigenvalue weighted by Gasteiger charge is 2.33. The minimum atomic E-state index is -0.478. The summed E-state index contributed by atoms with van der Waals surface area (Å²) in [6.45, 7) is 10.5. The van der Waals surface area contributed by atoms with E-state index in [1.54, 1.807) is 18.7 Å². The highest BCUT2D eigenvalue weighted by molar-refractivity contribution is 7.98. The van der Waals surface area contributed by atoms with Gasteiger partial charge in [0.05, 0.1) is 7.11 Å². The van der Waals surface area contributed by atoms with Crippen LogP contribution in [0.3, 0.4) is 0 Å². The molecule has 42 heavy (non-hydrogen) atoms. The Morgan fingerprint density at radius 3 is 2.48 bits per heavy atom. The molecule has 2 heterocycles. The van der Waals surface area contributed by atoms with Gasteiger partial charge in [0.25, 0.3) is 0 Å². The second-order valence-corrected chi connectivity index (χ2v) is 12.7. The molecule has 0 saturated carbocycles. The summed E-state index contributed by atoms with van der Waals surface area (Å²) in [4.78, 5) is 17.6. The van der Waals surface area contributed by atoms with Crippen LogP contribution in [0.25, 0.3) is 0 Å². The van der Waals surface area contributed by atoms with Crippen molar-refractivity contribution in [2.24, 2.45) is 0 Å². The van der Waals surface area contributed by atoms with Crippen LogP contribution in [-0.4, -0.2) is 27.7 Å². The molecule has 218 valence electrons. The largest absolute Gasteiger partial charge is 0.493 e. The van der Waals surface area contributed by atoms with Crippen molar-refractivity contribution in [1.29, 1.82) is 0 Å². The average Bonchev–Trinajstić information content (AvgIpc) is 3.36. The minimum Gasteiger partial charge on any atom is -0.493 e. The summed E-state index contributed by atoms with van der Waals surface area (Å²) < 4.78 is 13.7. The zero-order valence-corrected chi connectivity index (χ0v) is 26.3. The number of anilines is 1. The number of carbonyl (C=O) groups is 1. The number of rotatable bonds is 9. The molecule has 0 bridgehead atoms. The molecule has 3 aromatic carbocycles. The number of nitrogens with zero attached hydrogens (tertiary/aromatic N) is 3. The molecule has 0 spiro atoms. The first-order valence-corrected chi connectivity index (χ1v) is 15.1. The first-order chi connectivity index (χ1) is 20.0. The zero-order valence-electron chi connectivity index (χ0n) is 24.7. The van der Waals surface area contributed by atoms with E-state index < -0.39 is 6.04 Å². The fourth-order valence-electron chi connectivity index (χ4n) is 4.95. The van der Waals surface area contributed by atoms with E-state index in [9.17, 15) is 4.79 Å². The number of halogens is 1. The maximum Gasteiger partial charge on any atom is 0.227 e. The highest BCUT2D eigenvalue weighted by Crippen LogP contribution is 2.40. The Labute approximate surface area is 256 Å². The molecule has 7 nitrogen and oxygen atoms in total. The fraction of sp³-hybridized carbons (Fsp3) is 0.303. The van der Waals surface area contributed by atoms with Gasteiger partial charge in [-0.25, -0.2) is 4.68 Å². The number of allylic oxidation sites excluding steroid dienone is 2. The van der Waals surface area contributed by atoms with Gasteiger partial charge in [0.15, 0.2) is 17.3 Å². The molecule has 4 aromatic rings. The van der Waals surface area contributed by atoms with E-state index in [0.717, 1.165) is 22.4 Å². The first kappa shape index (κ1) is 29.7. The van der Waals surface area contributed by atoms with Gasteiger partial charge in [0.1, 0.15) is 12.6 Å². The molecule has 5 rings (SSSR count). The number of Topliss-reactive ketones (excluding diaryl/α,β-unsaturated/α-hetero) is 1. The van der Waals surface area contributed by atoms with Gasteiger partial charge in [-0.1, -0.05) is 92.7 Å². The first-order valence-electron chi connectivity index (χ1n) is 13.8. The molecular weight excluding hydrogens is 568 g/mol. The Hall–Kier alpha value is -3.75. The van der Waals surface area contributed by atoms with Crippen molar-refractivity contribution in [3.8, 4) is 11.5 Å². The van der Waals surface area contributed by atoms with Crippen molar-refractivity contribution in [2.45, 2.75) is 63.6 Å². The molecule has 1 aliphatic heterocycles. The van der Waals surface area contributed by atoms with Gasteiger partial charge in [-0.3, -0.25) is 4.79 Å². The van der Waals surface area contributed by atoms with Gasteiger partial charge in [-0.2, -0.15) is 4.98 Å². The van der Waals surface area contributed by atoms with Crippen molar-refractivity contribution in [1.82, 2.24) is 14.8 Å². The summed E-state index contributed by atoms with van der Waals surface area (Å²) >= 11 is 7.84. The number of thioether (sulfide) groups is 1. The minimum absolute atomic E-state index is 0.0468. The van der Waals surface area contributed by atoms with Crippen LogP contribution in [0.1, 0.15) is 62.9 Å². The van der Waals surface area contributed by atoms with Crippen molar-refractivity contribution >= 4 is 35.1 Å². The van der Waals surface area contributed by atoms with Crippen LogP contribution in [0.15, 0.2) is 83.2 Å². The second kappa shape index (κ2) is 12.2. The SMILES string of the molecule is COc1cc(C2C(C(C)=O)=C(C)Nc3nc(SCc4ccccc4Cl)nn32)ccc1OCc1ccc(C(C)(C)C)cc1. The number of aromatic nitrogens is 3. The molecule has 1 aliphatic rings. The lowest BCUT2D eigenvalue weighted by Gasteiger charge is -2.28. The van der Waals surface area contributed by atoms with Crippen LogP contribution in [0.5, 0.6) is 11.5 Å². The standard InChI is InChI=1S/C33H35ClN4O3S/c1-20-29(21(2)39)30(38-31(35-20)36-32(37-38)42-19-24-9-7-8-10-26(24)34)23-13-16-27(28(17-23)40-6)41-18-22-11-14-25(15-12-22)33(3,4)5/h7-17,30H,18-19H2,1-6H3,(H,35,36,37). The van der Waals surface area contributed by atoms with Crippen molar-refractivity contribution in [3.05, 3.63) is 105 Å². The summed E-state index contributed by atoms with van der Waals surface area (Å²) in [5.74, 6) is 2.35. The molecule has 0 radical (unpaired) electrons. The van der Waals surface area contributed by atoms with E-state index in [2.05, 4.69) is 50.4 Å². The Morgan fingerprint density at radius 1 is 1.07 bits per heavy atom. The van der Waals surface area contributed by atoms with Crippen LogP contribution in [0.2, 0.25) is 5.02 Å². The van der Waals surface area contributed by atoms with Gasteiger partial charge >= 0.3 is 0 Å². The number of nitrogens with one attached hydrogen (secondary N) is 1. The molecule has 1 N–H and O–H groups in total. The normalized spacial score (nSPS) is 14.8. The van der Waals surface area contributed by atoms with Gasteiger partial charge in [-0.05, 0) is 59.7 Å². The van der Waals surface area contributed by atoms with E-state index in [4.69, 9.17) is 31.2 Å². The predicted octanol–water partition coefficient (Wildman–Crippen LogP) is 7.99. The summed E-state index contributed by atoms with van der Waals surface area (Å²) in [6.07, 6.45) is 0. The molecule has 0 saturated heterocycles. The van der Waals surface area contributed by atoms with Crippen LogP contribution in [0.4, 0.5) is 5.95 Å². The predicted molar refractivity (Wildman–Crippen MR) is 169 cm³/mol. The van der Waals surface area contributed by atoms with E-state index >= 15 is 0 Å². The van der Waals surface area contributed by atoms with E-state index in [1.165, 1.54) is 17.3 Å². The highest BCUT2D eigenvalue weighted by atomic mass is 35.5. The molecule has 0 aliphatic carbocycles. The van der Waals surface area contributed by atoms with E-state index in [0.29, 0.717) is 45.6 Å². The third-order valence-corrected chi connectivity index (χ3v) is 8.50. The Kier molecular flexibility index (Phi) is 8.66. The fourth-order valence-corrected chi connectivity index (χ4v) is 6.07. The van der Waals surface area contributed by atoms with E-state index in [1.807, 2.05) is 49.4 Å². The summed E-state index contributed by atoms with van der Waals surface area (Å²) in [7, 11) is 1.61. The summed E-state index contributed by atoms with van der Waals surface area (Å²) in [5.41, 5.74) is 5.64. The lowest BCUT2D eigenvalue weighted by molar-refractivity contribution is -0.114. The van der Waals surface area contributed by atoms with Gasteiger partial charge in [0.2, 0.25) is 11.1 Å². The molecule has 0 amide bonds. The lowest BCUT2D eigenvalue weighted by atomic mass is 9.87. The van der Waals surface area contributed by atoms with Crippen LogP contribution in [0, 0.1) is 0 Å². The molecule has 9 heteroatoms. The van der Waals surface area contributed by atoms with Gasteiger partial charge < -0.3 is 14.8 Å². The number of carbonyl (C=O) groups excluding carboxylic acids is 1. The van der Waals surface area contributed by atoms with Gasteiger partial charge in [0, 0.05) is 22.0 Å². The van der Waals surface area contributed by atoms with Crippen molar-refractivity contribution in [3.63, 3.8) is 0 Å². The van der Waals surface area contributed by atoms with Crippen molar-refractivity contribution in [2.75, 3.05) is 12.4 Å². The molecule has 0 fully saturated rings. The number of hydrogen-bond donors (Lipinski definition) is 1. The quantitative estimate of drug-likeness (QED) is 0.195. The van der Waals surface area contributed by atoms with Crippen LogP contribution < -0.4 is 14.8 Å². The maximum absolute atomic E-state index is 12.9. The summed E-state index contributed by atoms with van der Waals surface area (Å²) in [5, 5.41) is 9.36. The number of benzene rings is 3. The van der Waals surface area contributed by atoms with Crippen LogP contribution >= 0.6 is 23.4 Å². The average molecular weight is 603 g/mol.